The Labute approximate surface area is 90.7 Å². The van der Waals surface area contributed by atoms with Gasteiger partial charge in [-0.25, -0.2) is 4.98 Å². The minimum Gasteiger partial charge on any atom is -0.384 e. The van der Waals surface area contributed by atoms with Gasteiger partial charge in [-0.1, -0.05) is 18.9 Å². The lowest BCUT2D eigenvalue weighted by atomic mass is 10.1. The highest BCUT2D eigenvalue weighted by Gasteiger charge is 2.14. The summed E-state index contributed by atoms with van der Waals surface area (Å²) in [4.78, 5) is 4.03. The van der Waals surface area contributed by atoms with Crippen LogP contribution in [0.3, 0.4) is 0 Å². The van der Waals surface area contributed by atoms with Gasteiger partial charge in [-0.2, -0.15) is 0 Å². The van der Waals surface area contributed by atoms with Crippen LogP contribution in [0.25, 0.3) is 0 Å². The van der Waals surface area contributed by atoms with Gasteiger partial charge in [0.2, 0.25) is 0 Å². The van der Waals surface area contributed by atoms with Crippen molar-refractivity contribution in [2.24, 2.45) is 5.92 Å². The molecule has 1 aromatic rings. The predicted octanol–water partition coefficient (Wildman–Crippen LogP) is 2.37. The number of nitrogens with two attached hydrogens (primary N) is 1. The summed E-state index contributed by atoms with van der Waals surface area (Å²) in [5, 5.41) is 0. The Kier molecular flexibility index (Phi) is 3.56. The first-order valence-corrected chi connectivity index (χ1v) is 5.63. The van der Waals surface area contributed by atoms with Crippen molar-refractivity contribution >= 4 is 5.82 Å². The molecule has 0 saturated heterocycles. The van der Waals surface area contributed by atoms with Crippen molar-refractivity contribution in [3.63, 3.8) is 0 Å². The number of aromatic nitrogens is 1. The lowest BCUT2D eigenvalue weighted by Gasteiger charge is -2.09. The maximum Gasteiger partial charge on any atom is 0.123 e. The minimum absolute atomic E-state index is 0.564. The number of rotatable bonds is 4. The molecule has 0 amide bonds. The van der Waals surface area contributed by atoms with E-state index in [1.165, 1.54) is 25.7 Å². The maximum absolute atomic E-state index is 5.66. The first-order valence-electron chi connectivity index (χ1n) is 5.63. The lowest BCUT2D eigenvalue weighted by molar-refractivity contribution is 0.0887. The fourth-order valence-electron chi connectivity index (χ4n) is 2.04. The fourth-order valence-corrected chi connectivity index (χ4v) is 2.04. The van der Waals surface area contributed by atoms with Crippen molar-refractivity contribution in [2.75, 3.05) is 12.3 Å². The summed E-state index contributed by atoms with van der Waals surface area (Å²) < 4.78 is 5.66. The molecule has 3 heteroatoms. The average molecular weight is 206 g/mol. The van der Waals surface area contributed by atoms with Crippen molar-refractivity contribution < 1.29 is 4.74 Å². The highest BCUT2D eigenvalue weighted by atomic mass is 16.5. The van der Waals surface area contributed by atoms with Gasteiger partial charge in [0.1, 0.15) is 5.82 Å². The van der Waals surface area contributed by atoms with Gasteiger partial charge in [-0.3, -0.25) is 0 Å². The number of nitrogens with zero attached hydrogens (tertiary/aromatic N) is 1. The Bertz CT molecular complexity index is 291. The Morgan fingerprint density at radius 1 is 1.33 bits per heavy atom. The summed E-state index contributed by atoms with van der Waals surface area (Å²) in [6.07, 6.45) is 7.19. The summed E-state index contributed by atoms with van der Waals surface area (Å²) in [7, 11) is 0. The Morgan fingerprint density at radius 2 is 2.13 bits per heavy atom. The second kappa shape index (κ2) is 5.12. The summed E-state index contributed by atoms with van der Waals surface area (Å²) in [6, 6.07) is 3.78. The molecule has 2 rings (SSSR count). The van der Waals surface area contributed by atoms with Crippen molar-refractivity contribution in [2.45, 2.75) is 32.3 Å². The van der Waals surface area contributed by atoms with E-state index in [0.29, 0.717) is 12.4 Å². The number of anilines is 1. The van der Waals surface area contributed by atoms with Crippen LogP contribution in [-0.4, -0.2) is 11.6 Å². The molecule has 1 aromatic heterocycles. The fraction of sp³-hybridized carbons (Fsp3) is 0.583. The molecule has 2 N–H and O–H groups in total. The van der Waals surface area contributed by atoms with Gasteiger partial charge in [0.15, 0.2) is 0 Å². The van der Waals surface area contributed by atoms with Gasteiger partial charge >= 0.3 is 0 Å². The molecule has 0 unspecified atom stereocenters. The van der Waals surface area contributed by atoms with Crippen LogP contribution in [0, 0.1) is 5.92 Å². The summed E-state index contributed by atoms with van der Waals surface area (Å²) in [6.45, 7) is 1.55. The molecule has 1 heterocycles. The number of nitrogen functional groups attached to an aromatic ring is 1. The zero-order chi connectivity index (χ0) is 10.5. The van der Waals surface area contributed by atoms with Gasteiger partial charge in [-0.15, -0.1) is 0 Å². The molecule has 0 bridgehead atoms. The van der Waals surface area contributed by atoms with E-state index >= 15 is 0 Å². The van der Waals surface area contributed by atoms with E-state index in [-0.39, 0.29) is 0 Å². The van der Waals surface area contributed by atoms with E-state index in [9.17, 15) is 0 Å². The van der Waals surface area contributed by atoms with Crippen molar-refractivity contribution in [3.05, 3.63) is 23.9 Å². The third kappa shape index (κ3) is 3.20. The number of hydrogen-bond donors (Lipinski definition) is 1. The largest absolute Gasteiger partial charge is 0.384 e. The Hall–Kier alpha value is -1.09. The minimum atomic E-state index is 0.564. The van der Waals surface area contributed by atoms with Crippen LogP contribution < -0.4 is 5.73 Å². The predicted molar refractivity (Wildman–Crippen MR) is 60.3 cm³/mol. The molecule has 3 nitrogen and oxygen atoms in total. The third-order valence-electron chi connectivity index (χ3n) is 2.94. The molecule has 1 fully saturated rings. The van der Waals surface area contributed by atoms with Gasteiger partial charge in [0.25, 0.3) is 0 Å². The van der Waals surface area contributed by atoms with Crippen LogP contribution in [0.1, 0.15) is 31.2 Å². The van der Waals surface area contributed by atoms with E-state index in [1.807, 2.05) is 12.1 Å². The SMILES string of the molecule is Nc1ccc(COCC2CCCC2)cn1. The maximum atomic E-state index is 5.66. The van der Waals surface area contributed by atoms with Crippen LogP contribution >= 0.6 is 0 Å². The first kappa shape index (κ1) is 10.4. The zero-order valence-corrected chi connectivity index (χ0v) is 8.98. The molecule has 0 spiro atoms. The van der Waals surface area contributed by atoms with Crippen molar-refractivity contribution in [3.8, 4) is 0 Å². The van der Waals surface area contributed by atoms with E-state index in [2.05, 4.69) is 4.98 Å². The summed E-state index contributed by atoms with van der Waals surface area (Å²) in [5.74, 6) is 1.35. The zero-order valence-electron chi connectivity index (χ0n) is 8.98. The van der Waals surface area contributed by atoms with Crippen molar-refractivity contribution in [1.29, 1.82) is 0 Å². The van der Waals surface area contributed by atoms with Gasteiger partial charge in [0, 0.05) is 12.8 Å². The number of hydrogen-bond acceptors (Lipinski definition) is 3. The highest BCUT2D eigenvalue weighted by molar-refractivity contribution is 5.28. The smallest absolute Gasteiger partial charge is 0.123 e. The van der Waals surface area contributed by atoms with E-state index in [0.717, 1.165) is 18.1 Å². The first-order chi connectivity index (χ1) is 7.34. The molecule has 1 saturated carbocycles. The van der Waals surface area contributed by atoms with Crippen LogP contribution in [0.2, 0.25) is 0 Å². The van der Waals surface area contributed by atoms with Crippen LogP contribution in [0.4, 0.5) is 5.82 Å². The summed E-state index contributed by atoms with van der Waals surface area (Å²) >= 11 is 0. The van der Waals surface area contributed by atoms with Gasteiger partial charge < -0.3 is 10.5 Å². The standard InChI is InChI=1S/C12H18N2O/c13-12-6-5-11(7-14-12)9-15-8-10-3-1-2-4-10/h5-7,10H,1-4,8-9H2,(H2,13,14). The van der Waals surface area contributed by atoms with E-state index in [1.54, 1.807) is 6.20 Å². The quantitative estimate of drug-likeness (QED) is 0.822. The van der Waals surface area contributed by atoms with Gasteiger partial charge in [-0.05, 0) is 30.4 Å². The van der Waals surface area contributed by atoms with Gasteiger partial charge in [0.05, 0.1) is 6.61 Å². The molecular weight excluding hydrogens is 188 g/mol. The Morgan fingerprint density at radius 3 is 2.80 bits per heavy atom. The molecule has 0 aromatic carbocycles. The molecule has 0 aliphatic heterocycles. The Balaban J connectivity index is 1.71. The van der Waals surface area contributed by atoms with Crippen molar-refractivity contribution in [1.82, 2.24) is 4.98 Å². The molecule has 15 heavy (non-hydrogen) atoms. The molecule has 82 valence electrons. The second-order valence-electron chi connectivity index (χ2n) is 4.26. The molecule has 1 aliphatic rings. The highest BCUT2D eigenvalue weighted by Crippen LogP contribution is 2.24. The van der Waals surface area contributed by atoms with Crippen LogP contribution in [-0.2, 0) is 11.3 Å². The van der Waals surface area contributed by atoms with E-state index in [4.69, 9.17) is 10.5 Å². The monoisotopic (exact) mass is 206 g/mol. The molecular formula is C12H18N2O. The molecule has 1 aliphatic carbocycles. The van der Waals surface area contributed by atoms with Crippen LogP contribution in [0.15, 0.2) is 18.3 Å². The molecule has 0 atom stereocenters. The van der Waals surface area contributed by atoms with Crippen LogP contribution in [0.5, 0.6) is 0 Å². The second-order valence-corrected chi connectivity index (χ2v) is 4.26. The summed E-state index contributed by atoms with van der Waals surface area (Å²) in [5.41, 5.74) is 6.60. The topological polar surface area (TPSA) is 48.1 Å². The molecule has 0 radical (unpaired) electrons. The average Bonchev–Trinajstić information content (AvgIpc) is 2.74. The number of ether oxygens (including phenoxy) is 1. The lowest BCUT2D eigenvalue weighted by Crippen LogP contribution is -2.05. The number of pyridine rings is 1. The van der Waals surface area contributed by atoms with E-state index < -0.39 is 0 Å². The third-order valence-corrected chi connectivity index (χ3v) is 2.94. The normalized spacial score (nSPS) is 17.1.